The van der Waals surface area contributed by atoms with Crippen molar-refractivity contribution in [3.63, 3.8) is 0 Å². The molecule has 5 heteroatoms. The van der Waals surface area contributed by atoms with Crippen molar-refractivity contribution in [2.24, 2.45) is 0 Å². The molecule has 0 radical (unpaired) electrons. The number of rotatable bonds is 2. The predicted molar refractivity (Wildman–Crippen MR) is 82.0 cm³/mol. The number of fused-ring (bicyclic) bond motifs is 1. The van der Waals surface area contributed by atoms with E-state index in [2.05, 4.69) is 10.6 Å². The van der Waals surface area contributed by atoms with Crippen LogP contribution < -0.4 is 10.6 Å². The van der Waals surface area contributed by atoms with Crippen molar-refractivity contribution in [1.29, 1.82) is 0 Å². The summed E-state index contributed by atoms with van der Waals surface area (Å²) in [5, 5.41) is 5.73. The van der Waals surface area contributed by atoms with Crippen LogP contribution in [0, 0.1) is 5.82 Å². The van der Waals surface area contributed by atoms with Gasteiger partial charge in [-0.25, -0.2) is 4.39 Å². The third-order valence-electron chi connectivity index (χ3n) is 4.57. The number of benzene rings is 1. The summed E-state index contributed by atoms with van der Waals surface area (Å²) in [4.78, 5) is 24.4. The molecule has 2 aliphatic rings. The molecule has 1 atom stereocenters. The van der Waals surface area contributed by atoms with Gasteiger partial charge in [0.1, 0.15) is 5.82 Å². The molecule has 118 valence electrons. The Kier molecular flexibility index (Phi) is 4.41. The fourth-order valence-electron chi connectivity index (χ4n) is 3.40. The first-order valence-corrected chi connectivity index (χ1v) is 8.03. The molecule has 1 saturated carbocycles. The Bertz CT molecular complexity index is 580. The van der Waals surface area contributed by atoms with E-state index < -0.39 is 11.7 Å². The first-order valence-electron chi connectivity index (χ1n) is 8.03. The van der Waals surface area contributed by atoms with E-state index in [9.17, 15) is 14.0 Å². The number of carbonyl (C=O) groups excluding carboxylic acids is 2. The third kappa shape index (κ3) is 3.29. The molecule has 0 aromatic heterocycles. The van der Waals surface area contributed by atoms with Gasteiger partial charge in [0, 0.05) is 18.2 Å². The average Bonchev–Trinajstić information content (AvgIpc) is 2.74. The molecule has 1 heterocycles. The second-order valence-corrected chi connectivity index (χ2v) is 6.23. The molecule has 1 aromatic carbocycles. The minimum Gasteiger partial charge on any atom is -0.353 e. The molecule has 2 amide bonds. The molecule has 1 aliphatic carbocycles. The molecular formula is C17H21FN2O2. The SMILES string of the molecule is O=C1C[C@H](C(=O)NC2CCCCCC2)c2ccc(F)cc2N1. The highest BCUT2D eigenvalue weighted by atomic mass is 19.1. The van der Waals surface area contributed by atoms with Gasteiger partial charge >= 0.3 is 0 Å². The smallest absolute Gasteiger partial charge is 0.228 e. The number of carbonyl (C=O) groups is 2. The van der Waals surface area contributed by atoms with Crippen molar-refractivity contribution < 1.29 is 14.0 Å². The summed E-state index contributed by atoms with van der Waals surface area (Å²) in [5.74, 6) is -1.29. The summed E-state index contributed by atoms with van der Waals surface area (Å²) in [5.41, 5.74) is 1.12. The van der Waals surface area contributed by atoms with Crippen LogP contribution in [0.2, 0.25) is 0 Å². The lowest BCUT2D eigenvalue weighted by molar-refractivity contribution is -0.127. The molecule has 1 aliphatic heterocycles. The van der Waals surface area contributed by atoms with Crippen molar-refractivity contribution in [3.8, 4) is 0 Å². The van der Waals surface area contributed by atoms with Gasteiger partial charge in [0.05, 0.1) is 5.92 Å². The second-order valence-electron chi connectivity index (χ2n) is 6.23. The summed E-state index contributed by atoms with van der Waals surface area (Å²) < 4.78 is 13.3. The monoisotopic (exact) mass is 304 g/mol. The Morgan fingerprint density at radius 1 is 1.18 bits per heavy atom. The van der Waals surface area contributed by atoms with Crippen LogP contribution in [0.5, 0.6) is 0 Å². The molecule has 0 bridgehead atoms. The highest BCUT2D eigenvalue weighted by molar-refractivity contribution is 6.01. The first kappa shape index (κ1) is 15.0. The van der Waals surface area contributed by atoms with Gasteiger partial charge < -0.3 is 10.6 Å². The lowest BCUT2D eigenvalue weighted by atomic mass is 9.89. The molecule has 3 rings (SSSR count). The zero-order valence-corrected chi connectivity index (χ0v) is 12.5. The molecule has 0 saturated heterocycles. The number of nitrogens with one attached hydrogen (secondary N) is 2. The van der Waals surface area contributed by atoms with Crippen molar-refractivity contribution >= 4 is 17.5 Å². The molecule has 1 aromatic rings. The molecular weight excluding hydrogens is 283 g/mol. The van der Waals surface area contributed by atoms with Crippen LogP contribution in [0.15, 0.2) is 18.2 Å². The lowest BCUT2D eigenvalue weighted by Crippen LogP contribution is -2.40. The molecule has 4 nitrogen and oxygen atoms in total. The minimum absolute atomic E-state index is 0.116. The zero-order chi connectivity index (χ0) is 15.5. The van der Waals surface area contributed by atoms with Crippen molar-refractivity contribution in [2.75, 3.05) is 5.32 Å². The molecule has 1 fully saturated rings. The van der Waals surface area contributed by atoms with Crippen LogP contribution in [0.25, 0.3) is 0 Å². The summed E-state index contributed by atoms with van der Waals surface area (Å²) in [6.07, 6.45) is 6.84. The molecule has 22 heavy (non-hydrogen) atoms. The van der Waals surface area contributed by atoms with E-state index in [-0.39, 0.29) is 24.3 Å². The van der Waals surface area contributed by atoms with Crippen molar-refractivity contribution in [2.45, 2.75) is 56.9 Å². The Balaban J connectivity index is 1.76. The van der Waals surface area contributed by atoms with E-state index >= 15 is 0 Å². The fraction of sp³-hybridized carbons (Fsp3) is 0.529. The van der Waals surface area contributed by atoms with Gasteiger partial charge in [-0.2, -0.15) is 0 Å². The maximum atomic E-state index is 13.3. The maximum absolute atomic E-state index is 13.3. The van der Waals surface area contributed by atoms with Crippen molar-refractivity contribution in [1.82, 2.24) is 5.32 Å². The molecule has 2 N–H and O–H groups in total. The van der Waals surface area contributed by atoms with Gasteiger partial charge in [0.15, 0.2) is 0 Å². The Morgan fingerprint density at radius 3 is 2.64 bits per heavy atom. The largest absolute Gasteiger partial charge is 0.353 e. The number of amides is 2. The van der Waals surface area contributed by atoms with Crippen LogP contribution in [0.1, 0.15) is 56.4 Å². The minimum atomic E-state index is -0.521. The maximum Gasteiger partial charge on any atom is 0.228 e. The summed E-state index contributed by atoms with van der Waals surface area (Å²) in [6, 6.07) is 4.41. The summed E-state index contributed by atoms with van der Waals surface area (Å²) in [7, 11) is 0. The van der Waals surface area contributed by atoms with Crippen LogP contribution in [-0.4, -0.2) is 17.9 Å². The van der Waals surface area contributed by atoms with Crippen LogP contribution in [0.3, 0.4) is 0 Å². The van der Waals surface area contributed by atoms with Crippen LogP contribution in [0.4, 0.5) is 10.1 Å². The van der Waals surface area contributed by atoms with Gasteiger partial charge in [0.2, 0.25) is 11.8 Å². The van der Waals surface area contributed by atoms with E-state index in [1.807, 2.05) is 0 Å². The van der Waals surface area contributed by atoms with E-state index in [1.165, 1.54) is 25.0 Å². The van der Waals surface area contributed by atoms with E-state index in [0.717, 1.165) is 25.7 Å². The number of hydrogen-bond donors (Lipinski definition) is 2. The normalized spacial score (nSPS) is 22.4. The van der Waals surface area contributed by atoms with E-state index in [4.69, 9.17) is 0 Å². The van der Waals surface area contributed by atoms with Crippen LogP contribution >= 0.6 is 0 Å². The van der Waals surface area contributed by atoms with Gasteiger partial charge in [-0.05, 0) is 30.5 Å². The quantitative estimate of drug-likeness (QED) is 0.825. The number of hydrogen-bond acceptors (Lipinski definition) is 2. The van der Waals surface area contributed by atoms with Gasteiger partial charge in [-0.3, -0.25) is 9.59 Å². The average molecular weight is 304 g/mol. The highest BCUT2D eigenvalue weighted by Crippen LogP contribution is 2.33. The van der Waals surface area contributed by atoms with Gasteiger partial charge in [0.25, 0.3) is 0 Å². The predicted octanol–water partition coefficient (Wildman–Crippen LogP) is 3.09. The molecule has 0 spiro atoms. The van der Waals surface area contributed by atoms with Crippen LogP contribution in [-0.2, 0) is 9.59 Å². The Morgan fingerprint density at radius 2 is 1.91 bits per heavy atom. The Labute approximate surface area is 129 Å². The fourth-order valence-corrected chi connectivity index (χ4v) is 3.40. The first-order chi connectivity index (χ1) is 10.6. The summed E-state index contributed by atoms with van der Waals surface area (Å²) in [6.45, 7) is 0. The van der Waals surface area contributed by atoms with Gasteiger partial charge in [-0.15, -0.1) is 0 Å². The standard InChI is InChI=1S/C17H21FN2O2/c18-11-7-8-13-14(10-16(21)20-15(13)9-11)17(22)19-12-5-3-1-2-4-6-12/h7-9,12,14H,1-6,10H2,(H,19,22)(H,20,21)/t14-/m0/s1. The van der Waals surface area contributed by atoms with E-state index in [1.54, 1.807) is 6.07 Å². The topological polar surface area (TPSA) is 58.2 Å². The highest BCUT2D eigenvalue weighted by Gasteiger charge is 2.31. The third-order valence-corrected chi connectivity index (χ3v) is 4.57. The summed E-state index contributed by atoms with van der Waals surface area (Å²) >= 11 is 0. The second kappa shape index (κ2) is 6.46. The van der Waals surface area contributed by atoms with Crippen molar-refractivity contribution in [3.05, 3.63) is 29.6 Å². The number of halogens is 1. The molecule has 0 unspecified atom stereocenters. The lowest BCUT2D eigenvalue weighted by Gasteiger charge is -2.27. The van der Waals surface area contributed by atoms with Gasteiger partial charge in [-0.1, -0.05) is 31.7 Å². The Hall–Kier alpha value is -1.91. The zero-order valence-electron chi connectivity index (χ0n) is 12.5. The number of anilines is 1. The van der Waals surface area contributed by atoms with E-state index in [0.29, 0.717) is 11.3 Å².